The smallest absolute Gasteiger partial charge is 0.408 e. The molecule has 0 aliphatic heterocycles. The second kappa shape index (κ2) is 12.9. The van der Waals surface area contributed by atoms with Crippen molar-refractivity contribution in [3.05, 3.63) is 102 Å². The maximum atomic E-state index is 13.1. The van der Waals surface area contributed by atoms with Crippen molar-refractivity contribution in [3.8, 4) is 0 Å². The molecule has 1 atom stereocenters. The van der Waals surface area contributed by atoms with Crippen molar-refractivity contribution in [3.63, 3.8) is 0 Å². The first-order chi connectivity index (χ1) is 16.9. The number of benzene rings is 3. The minimum atomic E-state index is -0.836. The van der Waals surface area contributed by atoms with Crippen molar-refractivity contribution in [2.24, 2.45) is 0 Å². The molecular formula is C28H31N3O4. The predicted octanol–water partition coefficient (Wildman–Crippen LogP) is 4.23. The van der Waals surface area contributed by atoms with Crippen LogP contribution in [0.4, 0.5) is 10.5 Å². The molecule has 3 amide bonds. The third kappa shape index (κ3) is 8.97. The number of ether oxygens (including phenoxy) is 1. The Bertz CT molecular complexity index is 1100. The minimum absolute atomic E-state index is 0.0575. The van der Waals surface area contributed by atoms with E-state index in [9.17, 15) is 14.4 Å². The molecule has 3 N–H and O–H groups in total. The summed E-state index contributed by atoms with van der Waals surface area (Å²) in [6.07, 6.45) is -0.102. The van der Waals surface area contributed by atoms with E-state index in [0.717, 1.165) is 16.7 Å². The number of carbonyl (C=O) groups is 3. The Balaban J connectivity index is 1.62. The van der Waals surface area contributed by atoms with Gasteiger partial charge in [0.25, 0.3) is 0 Å². The van der Waals surface area contributed by atoms with Crippen LogP contribution >= 0.6 is 0 Å². The van der Waals surface area contributed by atoms with E-state index < -0.39 is 12.1 Å². The summed E-state index contributed by atoms with van der Waals surface area (Å²) in [5.41, 5.74) is 3.17. The summed E-state index contributed by atoms with van der Waals surface area (Å²) in [4.78, 5) is 37.5. The van der Waals surface area contributed by atoms with Crippen LogP contribution in [-0.4, -0.2) is 30.0 Å². The summed E-state index contributed by atoms with van der Waals surface area (Å²) in [7, 11) is 0. The topological polar surface area (TPSA) is 96.5 Å². The number of rotatable bonds is 10. The maximum absolute atomic E-state index is 13.1. The van der Waals surface area contributed by atoms with Crippen LogP contribution in [0.3, 0.4) is 0 Å². The van der Waals surface area contributed by atoms with Gasteiger partial charge < -0.3 is 20.7 Å². The van der Waals surface area contributed by atoms with E-state index in [1.165, 1.54) is 0 Å². The van der Waals surface area contributed by atoms with Crippen LogP contribution in [0.5, 0.6) is 0 Å². The summed E-state index contributed by atoms with van der Waals surface area (Å²) >= 11 is 0. The number of amides is 3. The summed E-state index contributed by atoms with van der Waals surface area (Å²) in [5.74, 6) is -0.422. The van der Waals surface area contributed by atoms with E-state index in [-0.39, 0.29) is 30.9 Å². The van der Waals surface area contributed by atoms with Gasteiger partial charge in [-0.3, -0.25) is 9.59 Å². The molecule has 0 heterocycles. The zero-order valence-corrected chi connectivity index (χ0v) is 20.0. The van der Waals surface area contributed by atoms with Crippen LogP contribution in [0.15, 0.2) is 84.9 Å². The molecule has 182 valence electrons. The zero-order chi connectivity index (χ0) is 25.0. The molecule has 0 spiro atoms. The molecular weight excluding hydrogens is 442 g/mol. The molecule has 0 aromatic heterocycles. The number of hydrogen-bond acceptors (Lipinski definition) is 4. The van der Waals surface area contributed by atoms with Gasteiger partial charge in [0.15, 0.2) is 0 Å². The fraction of sp³-hybridized carbons (Fsp3) is 0.250. The van der Waals surface area contributed by atoms with E-state index in [1.54, 1.807) is 24.3 Å². The van der Waals surface area contributed by atoms with Gasteiger partial charge in [-0.25, -0.2) is 4.79 Å². The van der Waals surface area contributed by atoms with Crippen LogP contribution in [0, 0.1) is 0 Å². The SMILES string of the molecule is CC(C)NC(=O)Cc1ccc(NC(=O)C(Cc2ccccc2)NC(=O)OCc2ccccc2)cc1. The van der Waals surface area contributed by atoms with E-state index >= 15 is 0 Å². The number of carbonyl (C=O) groups excluding carboxylic acids is 3. The van der Waals surface area contributed by atoms with E-state index in [2.05, 4.69) is 16.0 Å². The standard InChI is InChI=1S/C28H31N3O4/c1-20(2)29-26(32)18-22-13-15-24(16-14-22)30-27(33)25(17-21-9-5-3-6-10-21)31-28(34)35-19-23-11-7-4-8-12-23/h3-16,20,25H,17-19H2,1-2H3,(H,29,32)(H,30,33)(H,31,34). The first-order valence-corrected chi connectivity index (χ1v) is 11.6. The molecule has 3 aromatic carbocycles. The third-order valence-corrected chi connectivity index (χ3v) is 5.14. The molecule has 0 saturated heterocycles. The number of nitrogens with one attached hydrogen (secondary N) is 3. The summed E-state index contributed by atoms with van der Waals surface area (Å²) in [5, 5.41) is 8.38. The Morgan fingerprint density at radius 1 is 0.743 bits per heavy atom. The summed E-state index contributed by atoms with van der Waals surface area (Å²) in [6.45, 7) is 3.93. The lowest BCUT2D eigenvalue weighted by Crippen LogP contribution is -2.45. The monoisotopic (exact) mass is 473 g/mol. The van der Waals surface area contributed by atoms with Gasteiger partial charge in [0.05, 0.1) is 6.42 Å². The second-order valence-corrected chi connectivity index (χ2v) is 8.53. The Morgan fingerprint density at radius 3 is 1.94 bits per heavy atom. The van der Waals surface area contributed by atoms with Crippen molar-refractivity contribution in [1.82, 2.24) is 10.6 Å². The van der Waals surface area contributed by atoms with Crippen molar-refractivity contribution < 1.29 is 19.1 Å². The molecule has 1 unspecified atom stereocenters. The highest BCUT2D eigenvalue weighted by molar-refractivity contribution is 5.96. The zero-order valence-electron chi connectivity index (χ0n) is 20.0. The number of anilines is 1. The fourth-order valence-electron chi connectivity index (χ4n) is 3.46. The lowest BCUT2D eigenvalue weighted by atomic mass is 10.1. The Kier molecular flexibility index (Phi) is 9.42. The Morgan fingerprint density at radius 2 is 1.34 bits per heavy atom. The quantitative estimate of drug-likeness (QED) is 0.411. The van der Waals surface area contributed by atoms with E-state index in [4.69, 9.17) is 4.74 Å². The van der Waals surface area contributed by atoms with Gasteiger partial charge in [-0.2, -0.15) is 0 Å². The molecule has 3 rings (SSSR count). The van der Waals surface area contributed by atoms with Gasteiger partial charge in [0, 0.05) is 18.2 Å². The average Bonchev–Trinajstić information content (AvgIpc) is 2.84. The fourth-order valence-corrected chi connectivity index (χ4v) is 3.46. The first kappa shape index (κ1) is 25.5. The minimum Gasteiger partial charge on any atom is -0.445 e. The molecule has 0 aliphatic carbocycles. The van der Waals surface area contributed by atoms with Crippen molar-refractivity contribution >= 4 is 23.6 Å². The van der Waals surface area contributed by atoms with Crippen molar-refractivity contribution in [1.29, 1.82) is 0 Å². The summed E-state index contributed by atoms with van der Waals surface area (Å²) < 4.78 is 5.31. The number of alkyl carbamates (subject to hydrolysis) is 1. The lowest BCUT2D eigenvalue weighted by Gasteiger charge is -2.19. The molecule has 7 heteroatoms. The van der Waals surface area contributed by atoms with Crippen molar-refractivity contribution in [2.45, 2.75) is 45.4 Å². The summed E-state index contributed by atoms with van der Waals surface area (Å²) in [6, 6.07) is 25.1. The van der Waals surface area contributed by atoms with E-state index in [1.807, 2.05) is 74.5 Å². The van der Waals surface area contributed by atoms with Crippen LogP contribution < -0.4 is 16.0 Å². The molecule has 3 aromatic rings. The normalized spacial score (nSPS) is 11.4. The Labute approximate surface area is 205 Å². The van der Waals surface area contributed by atoms with Gasteiger partial charge in [0.1, 0.15) is 12.6 Å². The highest BCUT2D eigenvalue weighted by Crippen LogP contribution is 2.12. The number of hydrogen-bond donors (Lipinski definition) is 3. The maximum Gasteiger partial charge on any atom is 0.408 e. The van der Waals surface area contributed by atoms with Gasteiger partial charge in [-0.15, -0.1) is 0 Å². The van der Waals surface area contributed by atoms with E-state index in [0.29, 0.717) is 12.1 Å². The van der Waals surface area contributed by atoms with Crippen LogP contribution in [0.1, 0.15) is 30.5 Å². The van der Waals surface area contributed by atoms with Gasteiger partial charge in [-0.05, 0) is 42.7 Å². The first-order valence-electron chi connectivity index (χ1n) is 11.6. The van der Waals surface area contributed by atoms with Crippen LogP contribution in [0.2, 0.25) is 0 Å². The second-order valence-electron chi connectivity index (χ2n) is 8.53. The molecule has 35 heavy (non-hydrogen) atoms. The lowest BCUT2D eigenvalue weighted by molar-refractivity contribution is -0.121. The predicted molar refractivity (Wildman–Crippen MR) is 136 cm³/mol. The Hall–Kier alpha value is -4.13. The van der Waals surface area contributed by atoms with Gasteiger partial charge in [0.2, 0.25) is 11.8 Å². The molecule has 0 saturated carbocycles. The average molecular weight is 474 g/mol. The molecule has 0 fully saturated rings. The van der Waals surface area contributed by atoms with Crippen molar-refractivity contribution in [2.75, 3.05) is 5.32 Å². The largest absolute Gasteiger partial charge is 0.445 e. The highest BCUT2D eigenvalue weighted by Gasteiger charge is 2.22. The van der Waals surface area contributed by atoms with Crippen LogP contribution in [-0.2, 0) is 33.8 Å². The molecule has 0 radical (unpaired) electrons. The van der Waals surface area contributed by atoms with Crippen LogP contribution in [0.25, 0.3) is 0 Å². The van der Waals surface area contributed by atoms with Gasteiger partial charge in [-0.1, -0.05) is 72.8 Å². The highest BCUT2D eigenvalue weighted by atomic mass is 16.5. The molecule has 7 nitrogen and oxygen atoms in total. The third-order valence-electron chi connectivity index (χ3n) is 5.14. The molecule has 0 aliphatic rings. The van der Waals surface area contributed by atoms with Gasteiger partial charge >= 0.3 is 6.09 Å². The molecule has 0 bridgehead atoms.